The lowest BCUT2D eigenvalue weighted by molar-refractivity contribution is 0.0697. The topological polar surface area (TPSA) is 25.4 Å². The molecule has 5 heteroatoms. The van der Waals surface area contributed by atoms with Crippen molar-refractivity contribution in [2.45, 2.75) is 6.92 Å². The summed E-state index contributed by atoms with van der Waals surface area (Å²) < 4.78 is 6.25. The van der Waals surface area contributed by atoms with Gasteiger partial charge in [-0.1, -0.05) is 18.5 Å². The highest BCUT2D eigenvalue weighted by Gasteiger charge is 2.40. The third-order valence-electron chi connectivity index (χ3n) is 2.76. The molecule has 1 aromatic heterocycles. The molecule has 0 aliphatic carbocycles. The van der Waals surface area contributed by atoms with E-state index in [0.717, 1.165) is 34.1 Å². The number of halogens is 2. The third-order valence-corrected chi connectivity index (χ3v) is 4.35. The van der Waals surface area contributed by atoms with Crippen LogP contribution in [0, 0.1) is 8.99 Å². The van der Waals surface area contributed by atoms with Crippen LogP contribution in [0.2, 0.25) is 5.02 Å². The van der Waals surface area contributed by atoms with Crippen LogP contribution in [0.1, 0.15) is 6.92 Å². The van der Waals surface area contributed by atoms with Crippen LogP contribution >= 0.6 is 34.2 Å². The molecule has 0 amide bonds. The molecule has 88 valence electrons. The number of ether oxygens (including phenoxy) is 1. The molecular weight excluding hydrogens is 338 g/mol. The van der Waals surface area contributed by atoms with Crippen molar-refractivity contribution in [3.05, 3.63) is 20.9 Å². The minimum Gasteiger partial charge on any atom is -0.384 e. The molecule has 0 saturated carbocycles. The second-order valence-electron chi connectivity index (χ2n) is 4.53. The van der Waals surface area contributed by atoms with Crippen LogP contribution in [0.3, 0.4) is 0 Å². The van der Waals surface area contributed by atoms with E-state index in [0.29, 0.717) is 0 Å². The van der Waals surface area contributed by atoms with E-state index in [-0.39, 0.29) is 5.41 Å². The summed E-state index contributed by atoms with van der Waals surface area (Å²) in [7, 11) is 1.74. The first-order chi connectivity index (χ1) is 7.56. The van der Waals surface area contributed by atoms with Crippen molar-refractivity contribution >= 4 is 40.0 Å². The molecule has 0 radical (unpaired) electrons. The molecule has 16 heavy (non-hydrogen) atoms. The molecule has 1 aliphatic rings. The van der Waals surface area contributed by atoms with Gasteiger partial charge in [-0.15, -0.1) is 0 Å². The van der Waals surface area contributed by atoms with Crippen LogP contribution in [0.5, 0.6) is 0 Å². The Morgan fingerprint density at radius 1 is 1.62 bits per heavy atom. The molecule has 0 spiro atoms. The maximum Gasteiger partial charge on any atom is 0.148 e. The fourth-order valence-corrected chi connectivity index (χ4v) is 2.73. The summed E-state index contributed by atoms with van der Waals surface area (Å²) in [5, 5.41) is 0.752. The van der Waals surface area contributed by atoms with Gasteiger partial charge in [0.05, 0.1) is 11.6 Å². The van der Waals surface area contributed by atoms with E-state index in [1.807, 2.05) is 6.07 Å². The van der Waals surface area contributed by atoms with Crippen molar-refractivity contribution < 1.29 is 4.74 Å². The van der Waals surface area contributed by atoms with Gasteiger partial charge < -0.3 is 9.64 Å². The zero-order valence-electron chi connectivity index (χ0n) is 9.33. The molecule has 1 fully saturated rings. The van der Waals surface area contributed by atoms with Crippen LogP contribution in [0.25, 0.3) is 0 Å². The zero-order chi connectivity index (χ0) is 11.8. The van der Waals surface area contributed by atoms with Gasteiger partial charge in [-0.25, -0.2) is 4.98 Å². The number of aromatic nitrogens is 1. The smallest absolute Gasteiger partial charge is 0.148 e. The van der Waals surface area contributed by atoms with Crippen LogP contribution < -0.4 is 4.90 Å². The van der Waals surface area contributed by atoms with Gasteiger partial charge in [0.25, 0.3) is 0 Å². The average molecular weight is 353 g/mol. The van der Waals surface area contributed by atoms with Crippen LogP contribution in [-0.4, -0.2) is 31.8 Å². The summed E-state index contributed by atoms with van der Waals surface area (Å²) in [4.78, 5) is 6.53. The summed E-state index contributed by atoms with van der Waals surface area (Å²) in [5.41, 5.74) is 0.237. The fourth-order valence-electron chi connectivity index (χ4n) is 2.10. The SMILES string of the molecule is COCC1(C)CN(c2nccc(I)c2Cl)C1. The van der Waals surface area contributed by atoms with Crippen LogP contribution in [0.15, 0.2) is 12.3 Å². The maximum atomic E-state index is 6.23. The van der Waals surface area contributed by atoms with Crippen LogP contribution in [0.4, 0.5) is 5.82 Å². The minimum absolute atomic E-state index is 0.237. The van der Waals surface area contributed by atoms with E-state index in [1.165, 1.54) is 0 Å². The molecule has 2 heterocycles. The van der Waals surface area contributed by atoms with Gasteiger partial charge >= 0.3 is 0 Å². The van der Waals surface area contributed by atoms with Gasteiger partial charge in [-0.2, -0.15) is 0 Å². The maximum absolute atomic E-state index is 6.23. The quantitative estimate of drug-likeness (QED) is 0.782. The Morgan fingerprint density at radius 2 is 2.31 bits per heavy atom. The lowest BCUT2D eigenvalue weighted by Crippen LogP contribution is -2.57. The molecule has 2 rings (SSSR count). The summed E-state index contributed by atoms with van der Waals surface area (Å²) in [6.45, 7) is 4.90. The summed E-state index contributed by atoms with van der Waals surface area (Å²) in [6.07, 6.45) is 1.80. The predicted octanol–water partition coefficient (Wildman–Crippen LogP) is 2.81. The summed E-state index contributed by atoms with van der Waals surface area (Å²) >= 11 is 8.45. The van der Waals surface area contributed by atoms with Crippen molar-refractivity contribution in [1.82, 2.24) is 4.98 Å². The fraction of sp³-hybridized carbons (Fsp3) is 0.545. The lowest BCUT2D eigenvalue weighted by atomic mass is 9.83. The first-order valence-electron chi connectivity index (χ1n) is 5.10. The van der Waals surface area contributed by atoms with Gasteiger partial charge in [0.15, 0.2) is 0 Å². The van der Waals surface area contributed by atoms with Crippen molar-refractivity contribution in [2.24, 2.45) is 5.41 Å². The Morgan fingerprint density at radius 3 is 2.94 bits per heavy atom. The number of anilines is 1. The molecule has 1 aliphatic heterocycles. The zero-order valence-corrected chi connectivity index (χ0v) is 12.2. The van der Waals surface area contributed by atoms with E-state index in [1.54, 1.807) is 13.3 Å². The van der Waals surface area contributed by atoms with Crippen molar-refractivity contribution in [2.75, 3.05) is 31.7 Å². The second kappa shape index (κ2) is 4.66. The molecular formula is C11H14ClIN2O. The molecule has 3 nitrogen and oxygen atoms in total. The number of rotatable bonds is 3. The Hall–Kier alpha value is -0.0700. The molecule has 0 aromatic carbocycles. The predicted molar refractivity (Wildman–Crippen MR) is 74.2 cm³/mol. The van der Waals surface area contributed by atoms with Gasteiger partial charge in [0.1, 0.15) is 5.82 Å². The lowest BCUT2D eigenvalue weighted by Gasteiger charge is -2.48. The Kier molecular flexibility index (Phi) is 3.61. The highest BCUT2D eigenvalue weighted by Crippen LogP contribution is 2.37. The van der Waals surface area contributed by atoms with E-state index < -0.39 is 0 Å². The van der Waals surface area contributed by atoms with E-state index in [2.05, 4.69) is 39.4 Å². The van der Waals surface area contributed by atoms with Gasteiger partial charge in [0.2, 0.25) is 0 Å². The molecule has 1 saturated heterocycles. The Labute approximate surface area is 114 Å². The molecule has 0 unspecified atom stereocenters. The number of hydrogen-bond acceptors (Lipinski definition) is 3. The minimum atomic E-state index is 0.237. The monoisotopic (exact) mass is 352 g/mol. The molecule has 1 aromatic rings. The van der Waals surface area contributed by atoms with Gasteiger partial charge in [-0.3, -0.25) is 0 Å². The number of hydrogen-bond donors (Lipinski definition) is 0. The van der Waals surface area contributed by atoms with Crippen LogP contribution in [-0.2, 0) is 4.74 Å². The summed E-state index contributed by atoms with van der Waals surface area (Å²) in [5.74, 6) is 0.891. The molecule has 0 bridgehead atoms. The number of nitrogens with zero attached hydrogens (tertiary/aromatic N) is 2. The van der Waals surface area contributed by atoms with E-state index >= 15 is 0 Å². The second-order valence-corrected chi connectivity index (χ2v) is 6.07. The highest BCUT2D eigenvalue weighted by atomic mass is 127. The first-order valence-corrected chi connectivity index (χ1v) is 6.55. The normalized spacial score (nSPS) is 18.4. The number of methoxy groups -OCH3 is 1. The first kappa shape index (κ1) is 12.4. The van der Waals surface area contributed by atoms with Gasteiger partial charge in [-0.05, 0) is 28.7 Å². The highest BCUT2D eigenvalue weighted by molar-refractivity contribution is 14.1. The average Bonchev–Trinajstić information content (AvgIpc) is 2.19. The standard InChI is InChI=1S/C11H14ClIN2O/c1-11(7-16-2)5-15(6-11)10-9(12)8(13)3-4-14-10/h3-4H,5-7H2,1-2H3. The Balaban J connectivity index is 2.09. The summed E-state index contributed by atoms with van der Waals surface area (Å²) in [6, 6.07) is 1.92. The van der Waals surface area contributed by atoms with E-state index in [9.17, 15) is 0 Å². The van der Waals surface area contributed by atoms with Crippen molar-refractivity contribution in [3.8, 4) is 0 Å². The Bertz CT molecular complexity index is 394. The van der Waals surface area contributed by atoms with Crippen molar-refractivity contribution in [3.63, 3.8) is 0 Å². The number of pyridine rings is 1. The van der Waals surface area contributed by atoms with E-state index in [4.69, 9.17) is 16.3 Å². The van der Waals surface area contributed by atoms with Gasteiger partial charge in [0, 0.05) is 35.4 Å². The third kappa shape index (κ3) is 2.28. The van der Waals surface area contributed by atoms with Crippen molar-refractivity contribution in [1.29, 1.82) is 0 Å². The largest absolute Gasteiger partial charge is 0.384 e. The molecule has 0 atom stereocenters. The molecule has 0 N–H and O–H groups in total.